The molecule has 0 saturated carbocycles. The molecular formula is C15H22O2. The van der Waals surface area contributed by atoms with Crippen molar-refractivity contribution in [2.24, 2.45) is 0 Å². The van der Waals surface area contributed by atoms with Crippen LogP contribution in [0.1, 0.15) is 45.4 Å². The Kier molecular flexibility index (Phi) is 5.75. The molecule has 0 aromatic heterocycles. The Morgan fingerprint density at radius 3 is 2.88 bits per heavy atom. The van der Waals surface area contributed by atoms with E-state index in [0.29, 0.717) is 12.8 Å². The zero-order valence-electron chi connectivity index (χ0n) is 10.7. The number of ether oxygens (including phenoxy) is 1. The number of hydrogen-bond acceptors (Lipinski definition) is 2. The summed E-state index contributed by atoms with van der Waals surface area (Å²) < 4.78 is 5.50. The Bertz CT molecular complexity index is 326. The van der Waals surface area contributed by atoms with Crippen LogP contribution in [-0.4, -0.2) is 12.1 Å². The van der Waals surface area contributed by atoms with Crippen LogP contribution in [0, 0.1) is 0 Å². The molecule has 2 nitrogen and oxygen atoms in total. The minimum atomic E-state index is -0.117. The van der Waals surface area contributed by atoms with E-state index >= 15 is 0 Å². The molecule has 0 N–H and O–H groups in total. The monoisotopic (exact) mass is 234 g/mol. The van der Waals surface area contributed by atoms with E-state index in [1.807, 2.05) is 6.08 Å². The first-order chi connectivity index (χ1) is 8.19. The Hall–Kier alpha value is -1.31. The van der Waals surface area contributed by atoms with Gasteiger partial charge in [-0.3, -0.25) is 4.79 Å². The molecule has 0 saturated heterocycles. The Morgan fingerprint density at radius 2 is 2.24 bits per heavy atom. The summed E-state index contributed by atoms with van der Waals surface area (Å²) in [6.07, 6.45) is 8.83. The number of carbonyl (C=O) groups excluding carboxylic acids is 1. The summed E-state index contributed by atoms with van der Waals surface area (Å²) in [6, 6.07) is 0. The molecule has 1 aliphatic rings. The van der Waals surface area contributed by atoms with Gasteiger partial charge in [-0.1, -0.05) is 17.7 Å². The molecule has 0 aromatic rings. The van der Waals surface area contributed by atoms with Gasteiger partial charge in [-0.15, -0.1) is 13.2 Å². The van der Waals surface area contributed by atoms with Crippen molar-refractivity contribution in [3.8, 4) is 0 Å². The second kappa shape index (κ2) is 7.10. The molecule has 2 heteroatoms. The Labute approximate surface area is 104 Å². The standard InChI is InChI=1S/C15H22O2/c1-4-6-11-15(16)17-14-10-7-9-13(8-5-2)12(14)3/h4-5,14H,1-2,6-11H2,3H3. The van der Waals surface area contributed by atoms with Gasteiger partial charge < -0.3 is 4.74 Å². The summed E-state index contributed by atoms with van der Waals surface area (Å²) in [4.78, 5) is 11.6. The van der Waals surface area contributed by atoms with Gasteiger partial charge in [0.05, 0.1) is 0 Å². The second-order valence-corrected chi connectivity index (χ2v) is 4.48. The third-order valence-electron chi connectivity index (χ3n) is 3.20. The summed E-state index contributed by atoms with van der Waals surface area (Å²) in [5, 5.41) is 0. The predicted octanol–water partition coefficient (Wildman–Crippen LogP) is 3.94. The molecule has 0 spiro atoms. The van der Waals surface area contributed by atoms with Crippen LogP contribution in [0.25, 0.3) is 0 Å². The van der Waals surface area contributed by atoms with E-state index in [1.165, 1.54) is 11.1 Å². The molecule has 0 aliphatic heterocycles. The van der Waals surface area contributed by atoms with Gasteiger partial charge in [0.15, 0.2) is 0 Å². The van der Waals surface area contributed by atoms with Gasteiger partial charge >= 0.3 is 5.97 Å². The second-order valence-electron chi connectivity index (χ2n) is 4.48. The van der Waals surface area contributed by atoms with Crippen LogP contribution in [0.3, 0.4) is 0 Å². The predicted molar refractivity (Wildman–Crippen MR) is 70.7 cm³/mol. The molecule has 1 aliphatic carbocycles. The van der Waals surface area contributed by atoms with Gasteiger partial charge in [-0.05, 0) is 44.6 Å². The van der Waals surface area contributed by atoms with Crippen LogP contribution >= 0.6 is 0 Å². The average Bonchev–Trinajstić information content (AvgIpc) is 2.32. The van der Waals surface area contributed by atoms with Crippen molar-refractivity contribution in [3.63, 3.8) is 0 Å². The van der Waals surface area contributed by atoms with Crippen molar-refractivity contribution in [2.75, 3.05) is 0 Å². The maximum absolute atomic E-state index is 11.6. The average molecular weight is 234 g/mol. The molecule has 1 unspecified atom stereocenters. The quantitative estimate of drug-likeness (QED) is 0.514. The highest BCUT2D eigenvalue weighted by molar-refractivity contribution is 5.70. The van der Waals surface area contributed by atoms with E-state index in [9.17, 15) is 4.79 Å². The van der Waals surface area contributed by atoms with Crippen molar-refractivity contribution in [1.29, 1.82) is 0 Å². The highest BCUT2D eigenvalue weighted by Crippen LogP contribution is 2.29. The van der Waals surface area contributed by atoms with Gasteiger partial charge in [0.1, 0.15) is 6.10 Å². The SMILES string of the molecule is C=CCCC(=O)OC1CCCC(CC=C)=C1C. The topological polar surface area (TPSA) is 26.3 Å². The Balaban J connectivity index is 2.58. The lowest BCUT2D eigenvalue weighted by Gasteiger charge is -2.26. The third kappa shape index (κ3) is 4.22. The first-order valence-corrected chi connectivity index (χ1v) is 6.28. The van der Waals surface area contributed by atoms with E-state index in [4.69, 9.17) is 4.74 Å². The largest absolute Gasteiger partial charge is 0.458 e. The summed E-state index contributed by atoms with van der Waals surface area (Å²) in [7, 11) is 0. The van der Waals surface area contributed by atoms with Gasteiger partial charge in [-0.2, -0.15) is 0 Å². The number of carbonyl (C=O) groups is 1. The van der Waals surface area contributed by atoms with Crippen LogP contribution in [0.2, 0.25) is 0 Å². The van der Waals surface area contributed by atoms with Crippen molar-refractivity contribution in [3.05, 3.63) is 36.5 Å². The van der Waals surface area contributed by atoms with Crippen LogP contribution in [-0.2, 0) is 9.53 Å². The van der Waals surface area contributed by atoms with Gasteiger partial charge in [0.2, 0.25) is 0 Å². The first-order valence-electron chi connectivity index (χ1n) is 6.28. The fourth-order valence-electron chi connectivity index (χ4n) is 2.16. The molecule has 17 heavy (non-hydrogen) atoms. The molecule has 0 radical (unpaired) electrons. The van der Waals surface area contributed by atoms with Gasteiger partial charge in [0, 0.05) is 6.42 Å². The fourth-order valence-corrected chi connectivity index (χ4v) is 2.16. The van der Waals surface area contributed by atoms with E-state index in [0.717, 1.165) is 25.7 Å². The third-order valence-corrected chi connectivity index (χ3v) is 3.20. The summed E-state index contributed by atoms with van der Waals surface area (Å²) in [5.41, 5.74) is 2.61. The lowest BCUT2D eigenvalue weighted by atomic mass is 9.88. The van der Waals surface area contributed by atoms with E-state index in [-0.39, 0.29) is 12.1 Å². The molecule has 0 fully saturated rings. The van der Waals surface area contributed by atoms with E-state index < -0.39 is 0 Å². The minimum absolute atomic E-state index is 0.0176. The van der Waals surface area contributed by atoms with Gasteiger partial charge in [0.25, 0.3) is 0 Å². The smallest absolute Gasteiger partial charge is 0.306 e. The maximum Gasteiger partial charge on any atom is 0.306 e. The van der Waals surface area contributed by atoms with Crippen LogP contribution in [0.5, 0.6) is 0 Å². The van der Waals surface area contributed by atoms with Crippen molar-refractivity contribution in [2.45, 2.75) is 51.6 Å². The molecule has 1 rings (SSSR count). The van der Waals surface area contributed by atoms with Gasteiger partial charge in [-0.25, -0.2) is 0 Å². The highest BCUT2D eigenvalue weighted by atomic mass is 16.5. The van der Waals surface area contributed by atoms with Crippen LogP contribution < -0.4 is 0 Å². The maximum atomic E-state index is 11.6. The Morgan fingerprint density at radius 1 is 1.47 bits per heavy atom. The molecule has 0 heterocycles. The summed E-state index contributed by atoms with van der Waals surface area (Å²) in [6.45, 7) is 9.44. The van der Waals surface area contributed by atoms with Crippen molar-refractivity contribution >= 4 is 5.97 Å². The molecule has 0 aromatic carbocycles. The summed E-state index contributed by atoms with van der Waals surface area (Å²) in [5.74, 6) is -0.117. The molecular weight excluding hydrogens is 212 g/mol. The van der Waals surface area contributed by atoms with E-state index in [1.54, 1.807) is 6.08 Å². The van der Waals surface area contributed by atoms with E-state index in [2.05, 4.69) is 20.1 Å². The minimum Gasteiger partial charge on any atom is -0.458 e. The van der Waals surface area contributed by atoms with Crippen LogP contribution in [0.15, 0.2) is 36.5 Å². The number of rotatable bonds is 6. The van der Waals surface area contributed by atoms with Crippen molar-refractivity contribution in [1.82, 2.24) is 0 Å². The number of allylic oxidation sites excluding steroid dienone is 3. The zero-order chi connectivity index (χ0) is 12.7. The fraction of sp³-hybridized carbons (Fsp3) is 0.533. The number of hydrogen-bond donors (Lipinski definition) is 0. The molecule has 94 valence electrons. The summed E-state index contributed by atoms with van der Waals surface area (Å²) >= 11 is 0. The zero-order valence-corrected chi connectivity index (χ0v) is 10.7. The molecule has 1 atom stereocenters. The lowest BCUT2D eigenvalue weighted by Crippen LogP contribution is -2.23. The normalized spacial score (nSPS) is 19.9. The lowest BCUT2D eigenvalue weighted by molar-refractivity contribution is -0.147. The molecule has 0 bridgehead atoms. The highest BCUT2D eigenvalue weighted by Gasteiger charge is 2.22. The number of esters is 1. The van der Waals surface area contributed by atoms with Crippen molar-refractivity contribution < 1.29 is 9.53 Å². The first kappa shape index (κ1) is 13.8. The van der Waals surface area contributed by atoms with Crippen LogP contribution in [0.4, 0.5) is 0 Å². The molecule has 0 amide bonds.